The molecule has 0 saturated heterocycles. The number of benzene rings is 3. The molecule has 6 rings (SSSR count). The van der Waals surface area contributed by atoms with Gasteiger partial charge in [0.1, 0.15) is 11.6 Å². The average Bonchev–Trinajstić information content (AvgIpc) is 3.34. The summed E-state index contributed by atoms with van der Waals surface area (Å²) in [6.07, 6.45) is 4.30. The molecule has 39 heavy (non-hydrogen) atoms. The van der Waals surface area contributed by atoms with Crippen molar-refractivity contribution < 1.29 is 5.11 Å². The van der Waals surface area contributed by atoms with E-state index in [4.69, 9.17) is 4.98 Å². The quantitative estimate of drug-likeness (QED) is 0.246. The SMILES string of the molecule is Cc1cc(-c2nc3c(-c4cc(CC(C)C)cc(-c5ccccn5)c4)cccc3n2-c2ccccc2)c(O)cn1. The highest BCUT2D eigenvalue weighted by Crippen LogP contribution is 2.38. The van der Waals surface area contributed by atoms with Crippen molar-refractivity contribution in [3.63, 3.8) is 0 Å². The molecule has 0 fully saturated rings. The minimum Gasteiger partial charge on any atom is -0.506 e. The zero-order valence-electron chi connectivity index (χ0n) is 22.3. The normalized spacial score (nSPS) is 11.4. The number of nitrogens with zero attached hydrogens (tertiary/aromatic N) is 4. The first-order chi connectivity index (χ1) is 19.0. The van der Waals surface area contributed by atoms with E-state index >= 15 is 0 Å². The Morgan fingerprint density at radius 1 is 0.795 bits per heavy atom. The van der Waals surface area contributed by atoms with E-state index in [1.54, 1.807) is 0 Å². The summed E-state index contributed by atoms with van der Waals surface area (Å²) in [4.78, 5) is 14.1. The predicted octanol–water partition coefficient (Wildman–Crippen LogP) is 8.03. The Kier molecular flexibility index (Phi) is 6.41. The van der Waals surface area contributed by atoms with Gasteiger partial charge in [0, 0.05) is 28.7 Å². The van der Waals surface area contributed by atoms with Crippen LogP contribution in [-0.2, 0) is 6.42 Å². The largest absolute Gasteiger partial charge is 0.506 e. The topological polar surface area (TPSA) is 63.8 Å². The van der Waals surface area contributed by atoms with Gasteiger partial charge in [-0.25, -0.2) is 4.98 Å². The molecule has 3 aromatic heterocycles. The summed E-state index contributed by atoms with van der Waals surface area (Å²) < 4.78 is 2.12. The third-order valence-corrected chi connectivity index (χ3v) is 6.87. The number of rotatable bonds is 6. The Bertz CT molecular complexity index is 1770. The van der Waals surface area contributed by atoms with Crippen LogP contribution >= 0.6 is 0 Å². The predicted molar refractivity (Wildman–Crippen MR) is 158 cm³/mol. The Labute approximate surface area is 228 Å². The van der Waals surface area contributed by atoms with Gasteiger partial charge < -0.3 is 5.11 Å². The fourth-order valence-corrected chi connectivity index (χ4v) is 5.20. The van der Waals surface area contributed by atoms with Crippen LogP contribution in [0.3, 0.4) is 0 Å². The number of aryl methyl sites for hydroxylation is 1. The van der Waals surface area contributed by atoms with E-state index in [2.05, 4.69) is 83.0 Å². The van der Waals surface area contributed by atoms with Gasteiger partial charge in [0.15, 0.2) is 0 Å². The summed E-state index contributed by atoms with van der Waals surface area (Å²) in [6.45, 7) is 6.40. The monoisotopic (exact) mass is 510 g/mol. The fraction of sp³-hybridized carbons (Fsp3) is 0.147. The number of hydrogen-bond donors (Lipinski definition) is 1. The molecule has 0 aliphatic carbocycles. The van der Waals surface area contributed by atoms with Gasteiger partial charge in [-0.3, -0.25) is 14.5 Å². The lowest BCUT2D eigenvalue weighted by Gasteiger charge is -2.13. The van der Waals surface area contributed by atoms with E-state index < -0.39 is 0 Å². The van der Waals surface area contributed by atoms with E-state index in [0.717, 1.165) is 51.2 Å². The van der Waals surface area contributed by atoms with Gasteiger partial charge in [0.05, 0.1) is 28.5 Å². The molecule has 0 spiro atoms. The van der Waals surface area contributed by atoms with Crippen LogP contribution in [0.15, 0.2) is 103 Å². The standard InChI is InChI=1S/C34H30N4O/c1-22(2)16-24-18-25(20-26(19-24)30-13-7-8-15-35-30)28-12-9-14-31-33(28)37-34(29-17-23(3)36-21-32(29)39)38(31)27-10-5-4-6-11-27/h4-15,17-22,39H,16H2,1-3H3. The van der Waals surface area contributed by atoms with Crippen molar-refractivity contribution in [2.45, 2.75) is 27.2 Å². The number of para-hydroxylation sites is 2. The number of pyridine rings is 2. The molecule has 0 amide bonds. The molecule has 0 atom stereocenters. The van der Waals surface area contributed by atoms with Crippen molar-refractivity contribution in [2.24, 2.45) is 5.92 Å². The Morgan fingerprint density at radius 2 is 1.59 bits per heavy atom. The molecule has 0 saturated carbocycles. The third-order valence-electron chi connectivity index (χ3n) is 6.87. The summed E-state index contributed by atoms with van der Waals surface area (Å²) in [6, 6.07) is 31.1. The summed E-state index contributed by atoms with van der Waals surface area (Å²) in [7, 11) is 0. The van der Waals surface area contributed by atoms with Crippen LogP contribution in [0.2, 0.25) is 0 Å². The molecule has 0 bridgehead atoms. The van der Waals surface area contributed by atoms with Gasteiger partial charge in [-0.1, -0.05) is 56.3 Å². The van der Waals surface area contributed by atoms with Crippen molar-refractivity contribution in [1.82, 2.24) is 19.5 Å². The molecule has 1 N–H and O–H groups in total. The molecular weight excluding hydrogens is 480 g/mol. The molecule has 5 heteroatoms. The second-order valence-corrected chi connectivity index (χ2v) is 10.4. The minimum atomic E-state index is 0.103. The van der Waals surface area contributed by atoms with E-state index in [-0.39, 0.29) is 5.75 Å². The highest BCUT2D eigenvalue weighted by atomic mass is 16.3. The first-order valence-electron chi connectivity index (χ1n) is 13.3. The highest BCUT2D eigenvalue weighted by Gasteiger charge is 2.20. The average molecular weight is 511 g/mol. The van der Waals surface area contributed by atoms with Crippen LogP contribution in [0, 0.1) is 12.8 Å². The summed E-state index contributed by atoms with van der Waals surface area (Å²) in [5.74, 6) is 1.30. The zero-order valence-corrected chi connectivity index (χ0v) is 22.3. The van der Waals surface area contributed by atoms with Crippen LogP contribution < -0.4 is 0 Å². The summed E-state index contributed by atoms with van der Waals surface area (Å²) >= 11 is 0. The molecule has 0 unspecified atom stereocenters. The number of aromatic nitrogens is 4. The van der Waals surface area contributed by atoms with Crippen LogP contribution in [-0.4, -0.2) is 24.6 Å². The molecule has 0 aliphatic rings. The van der Waals surface area contributed by atoms with Crippen LogP contribution in [0.5, 0.6) is 5.75 Å². The maximum Gasteiger partial charge on any atom is 0.149 e. The molecule has 5 nitrogen and oxygen atoms in total. The van der Waals surface area contributed by atoms with Crippen molar-refractivity contribution >= 4 is 11.0 Å². The first kappa shape index (κ1) is 24.6. The van der Waals surface area contributed by atoms with E-state index in [1.165, 1.54) is 11.8 Å². The zero-order chi connectivity index (χ0) is 26.9. The van der Waals surface area contributed by atoms with Crippen molar-refractivity contribution in [3.05, 3.63) is 115 Å². The Morgan fingerprint density at radius 3 is 2.36 bits per heavy atom. The number of fused-ring (bicyclic) bond motifs is 1. The van der Waals surface area contributed by atoms with E-state index in [0.29, 0.717) is 17.3 Å². The fourth-order valence-electron chi connectivity index (χ4n) is 5.20. The van der Waals surface area contributed by atoms with E-state index in [1.807, 2.05) is 49.5 Å². The molecule has 3 aromatic carbocycles. The third kappa shape index (κ3) is 4.79. The lowest BCUT2D eigenvalue weighted by atomic mass is 9.93. The maximum atomic E-state index is 10.8. The molecule has 192 valence electrons. The van der Waals surface area contributed by atoms with E-state index in [9.17, 15) is 5.11 Å². The second-order valence-electron chi connectivity index (χ2n) is 10.4. The molecule has 6 aromatic rings. The van der Waals surface area contributed by atoms with Gasteiger partial charge in [-0.15, -0.1) is 0 Å². The summed E-state index contributed by atoms with van der Waals surface area (Å²) in [5.41, 5.74) is 9.72. The van der Waals surface area contributed by atoms with Gasteiger partial charge in [0.2, 0.25) is 0 Å². The van der Waals surface area contributed by atoms with Gasteiger partial charge in [-0.2, -0.15) is 0 Å². The molecule has 0 radical (unpaired) electrons. The Balaban J connectivity index is 1.63. The van der Waals surface area contributed by atoms with Crippen LogP contribution in [0.25, 0.3) is 50.5 Å². The molecule has 0 aliphatic heterocycles. The summed E-state index contributed by atoms with van der Waals surface area (Å²) in [5, 5.41) is 10.8. The lowest BCUT2D eigenvalue weighted by molar-refractivity contribution is 0.474. The number of imidazole rings is 1. The van der Waals surface area contributed by atoms with Gasteiger partial charge in [-0.05, 0) is 78.9 Å². The van der Waals surface area contributed by atoms with Gasteiger partial charge >= 0.3 is 0 Å². The molecule has 3 heterocycles. The van der Waals surface area contributed by atoms with Gasteiger partial charge in [0.25, 0.3) is 0 Å². The van der Waals surface area contributed by atoms with Crippen molar-refractivity contribution in [1.29, 1.82) is 0 Å². The van der Waals surface area contributed by atoms with Crippen molar-refractivity contribution in [3.8, 4) is 45.2 Å². The number of hydrogen-bond acceptors (Lipinski definition) is 4. The first-order valence-corrected chi connectivity index (χ1v) is 13.3. The minimum absolute atomic E-state index is 0.103. The van der Waals surface area contributed by atoms with Crippen LogP contribution in [0.1, 0.15) is 25.1 Å². The maximum absolute atomic E-state index is 10.8. The Hall–Kier alpha value is -4.77. The second kappa shape index (κ2) is 10.2. The smallest absolute Gasteiger partial charge is 0.149 e. The lowest BCUT2D eigenvalue weighted by Crippen LogP contribution is -1.98. The van der Waals surface area contributed by atoms with Crippen molar-refractivity contribution in [2.75, 3.05) is 0 Å². The molecular formula is C34H30N4O. The highest BCUT2D eigenvalue weighted by molar-refractivity contribution is 5.96. The van der Waals surface area contributed by atoms with Crippen LogP contribution in [0.4, 0.5) is 0 Å². The number of aromatic hydroxyl groups is 1.